The highest BCUT2D eigenvalue weighted by Gasteiger charge is 2.22. The summed E-state index contributed by atoms with van der Waals surface area (Å²) in [6.07, 6.45) is 7.44. The fourth-order valence-electron chi connectivity index (χ4n) is 3.25. The first-order valence-corrected chi connectivity index (χ1v) is 8.30. The Hall–Kier alpha value is -2.70. The van der Waals surface area contributed by atoms with Gasteiger partial charge in [0.15, 0.2) is 5.82 Å². The maximum atomic E-state index is 4.59. The standard InChI is InChI=1S/C17H21N7/c1-12-10-16(20-11-19-12)21-14-3-6-23(7-4-14)17-15-9-13(2)22-24(15)8-5-18-17/h5,8-11,14H,3-4,6-7H2,1-2H3,(H,19,20,21). The molecule has 0 amide bonds. The van der Waals surface area contributed by atoms with Crippen molar-refractivity contribution in [2.24, 2.45) is 0 Å². The van der Waals surface area contributed by atoms with Crippen LogP contribution in [0.1, 0.15) is 24.2 Å². The predicted octanol–water partition coefficient (Wildman–Crippen LogP) is 2.22. The average molecular weight is 323 g/mol. The van der Waals surface area contributed by atoms with E-state index in [1.54, 1.807) is 6.33 Å². The molecule has 3 aromatic heterocycles. The maximum Gasteiger partial charge on any atom is 0.154 e. The number of aryl methyl sites for hydroxylation is 2. The number of nitrogens with one attached hydrogen (secondary N) is 1. The van der Waals surface area contributed by atoms with Gasteiger partial charge in [0.25, 0.3) is 0 Å². The van der Waals surface area contributed by atoms with Gasteiger partial charge in [-0.25, -0.2) is 19.5 Å². The summed E-state index contributed by atoms with van der Waals surface area (Å²) in [5.74, 6) is 1.93. The van der Waals surface area contributed by atoms with Crippen LogP contribution in [-0.4, -0.2) is 43.7 Å². The Bertz CT molecular complexity index is 849. The molecule has 0 unspecified atom stereocenters. The topological polar surface area (TPSA) is 71.2 Å². The number of hydrogen-bond donors (Lipinski definition) is 1. The minimum atomic E-state index is 0.432. The maximum absolute atomic E-state index is 4.59. The van der Waals surface area contributed by atoms with E-state index < -0.39 is 0 Å². The molecular weight excluding hydrogens is 302 g/mol. The van der Waals surface area contributed by atoms with Crippen LogP contribution in [0.5, 0.6) is 0 Å². The van der Waals surface area contributed by atoms with Crippen LogP contribution in [0.2, 0.25) is 0 Å². The first-order valence-electron chi connectivity index (χ1n) is 8.30. The highest BCUT2D eigenvalue weighted by Crippen LogP contribution is 2.24. The van der Waals surface area contributed by atoms with Gasteiger partial charge in [-0.15, -0.1) is 0 Å². The Morgan fingerprint density at radius 2 is 1.88 bits per heavy atom. The molecule has 7 nitrogen and oxygen atoms in total. The normalized spacial score (nSPS) is 15.8. The van der Waals surface area contributed by atoms with Crippen LogP contribution < -0.4 is 10.2 Å². The van der Waals surface area contributed by atoms with Crippen LogP contribution in [0, 0.1) is 13.8 Å². The smallest absolute Gasteiger partial charge is 0.154 e. The van der Waals surface area contributed by atoms with Crippen molar-refractivity contribution in [1.29, 1.82) is 0 Å². The monoisotopic (exact) mass is 323 g/mol. The van der Waals surface area contributed by atoms with E-state index >= 15 is 0 Å². The molecule has 1 saturated heterocycles. The second kappa shape index (κ2) is 6.07. The minimum absolute atomic E-state index is 0.432. The van der Waals surface area contributed by atoms with Crippen LogP contribution in [0.4, 0.5) is 11.6 Å². The largest absolute Gasteiger partial charge is 0.367 e. The van der Waals surface area contributed by atoms with Crippen LogP contribution in [0.15, 0.2) is 30.9 Å². The molecule has 1 aliphatic heterocycles. The van der Waals surface area contributed by atoms with Gasteiger partial charge in [-0.05, 0) is 32.8 Å². The minimum Gasteiger partial charge on any atom is -0.367 e. The lowest BCUT2D eigenvalue weighted by Gasteiger charge is -2.33. The number of nitrogens with zero attached hydrogens (tertiary/aromatic N) is 6. The summed E-state index contributed by atoms with van der Waals surface area (Å²) < 4.78 is 1.91. The Kier molecular flexibility index (Phi) is 3.76. The van der Waals surface area contributed by atoms with Gasteiger partial charge < -0.3 is 10.2 Å². The van der Waals surface area contributed by atoms with Gasteiger partial charge in [0.05, 0.1) is 5.69 Å². The van der Waals surface area contributed by atoms with E-state index in [4.69, 9.17) is 0 Å². The van der Waals surface area contributed by atoms with Gasteiger partial charge in [0.2, 0.25) is 0 Å². The number of anilines is 2. The Labute approximate surface area is 140 Å². The van der Waals surface area contributed by atoms with Crippen molar-refractivity contribution in [1.82, 2.24) is 24.6 Å². The van der Waals surface area contributed by atoms with Crippen molar-refractivity contribution in [2.75, 3.05) is 23.3 Å². The molecule has 1 N–H and O–H groups in total. The summed E-state index contributed by atoms with van der Waals surface area (Å²) >= 11 is 0. The van der Waals surface area contributed by atoms with Crippen molar-refractivity contribution in [3.63, 3.8) is 0 Å². The molecule has 1 aliphatic rings. The van der Waals surface area contributed by atoms with Gasteiger partial charge >= 0.3 is 0 Å². The van der Waals surface area contributed by atoms with Crippen molar-refractivity contribution in [3.05, 3.63) is 42.2 Å². The third kappa shape index (κ3) is 2.89. The lowest BCUT2D eigenvalue weighted by molar-refractivity contribution is 0.522. The van der Waals surface area contributed by atoms with Crippen LogP contribution >= 0.6 is 0 Å². The van der Waals surface area contributed by atoms with E-state index in [2.05, 4.69) is 36.3 Å². The van der Waals surface area contributed by atoms with Gasteiger partial charge in [0.1, 0.15) is 17.7 Å². The SMILES string of the molecule is Cc1cc(NC2CCN(c3nccn4nc(C)cc34)CC2)ncn1. The molecule has 0 aromatic carbocycles. The van der Waals surface area contributed by atoms with E-state index in [1.165, 1.54) is 0 Å². The molecule has 4 heterocycles. The molecule has 0 bridgehead atoms. The van der Waals surface area contributed by atoms with Crippen LogP contribution in [0.25, 0.3) is 5.52 Å². The van der Waals surface area contributed by atoms with E-state index in [0.717, 1.165) is 54.5 Å². The zero-order chi connectivity index (χ0) is 16.5. The Balaban J connectivity index is 1.45. The number of aromatic nitrogens is 5. The van der Waals surface area contributed by atoms with Crippen molar-refractivity contribution < 1.29 is 0 Å². The van der Waals surface area contributed by atoms with E-state index in [-0.39, 0.29) is 0 Å². The molecule has 0 aliphatic carbocycles. The van der Waals surface area contributed by atoms with Crippen molar-refractivity contribution in [2.45, 2.75) is 32.7 Å². The summed E-state index contributed by atoms with van der Waals surface area (Å²) in [6.45, 7) is 5.93. The highest BCUT2D eigenvalue weighted by molar-refractivity contribution is 5.69. The highest BCUT2D eigenvalue weighted by atomic mass is 15.3. The molecule has 0 atom stereocenters. The zero-order valence-electron chi connectivity index (χ0n) is 14.0. The zero-order valence-corrected chi connectivity index (χ0v) is 14.0. The second-order valence-electron chi connectivity index (χ2n) is 6.32. The third-order valence-electron chi connectivity index (χ3n) is 4.44. The summed E-state index contributed by atoms with van der Waals surface area (Å²) in [5, 5.41) is 7.99. The molecule has 1 fully saturated rings. The lowest BCUT2D eigenvalue weighted by atomic mass is 10.0. The van der Waals surface area contributed by atoms with Gasteiger partial charge in [0, 0.05) is 43.3 Å². The molecule has 7 heteroatoms. The molecule has 0 radical (unpaired) electrons. The van der Waals surface area contributed by atoms with Crippen molar-refractivity contribution in [3.8, 4) is 0 Å². The summed E-state index contributed by atoms with van der Waals surface area (Å²) in [5.41, 5.74) is 3.07. The molecule has 124 valence electrons. The summed E-state index contributed by atoms with van der Waals surface area (Å²) in [6, 6.07) is 4.52. The van der Waals surface area contributed by atoms with E-state index in [9.17, 15) is 0 Å². The molecule has 0 spiro atoms. The Morgan fingerprint density at radius 1 is 1.04 bits per heavy atom. The number of piperidine rings is 1. The summed E-state index contributed by atoms with van der Waals surface area (Å²) in [4.78, 5) is 15.4. The van der Waals surface area contributed by atoms with Gasteiger partial charge in [-0.1, -0.05) is 0 Å². The van der Waals surface area contributed by atoms with Crippen LogP contribution in [0.3, 0.4) is 0 Å². The molecule has 3 aromatic rings. The van der Waals surface area contributed by atoms with Crippen LogP contribution in [-0.2, 0) is 0 Å². The average Bonchev–Trinajstić information content (AvgIpc) is 2.96. The number of rotatable bonds is 3. The molecular formula is C17H21N7. The number of fused-ring (bicyclic) bond motifs is 1. The van der Waals surface area contributed by atoms with Crippen molar-refractivity contribution >= 4 is 17.2 Å². The molecule has 0 saturated carbocycles. The van der Waals surface area contributed by atoms with Gasteiger partial charge in [-0.3, -0.25) is 0 Å². The molecule has 24 heavy (non-hydrogen) atoms. The second-order valence-corrected chi connectivity index (χ2v) is 6.32. The predicted molar refractivity (Wildman–Crippen MR) is 93.4 cm³/mol. The quantitative estimate of drug-likeness (QED) is 0.797. The fraction of sp³-hybridized carbons (Fsp3) is 0.412. The van der Waals surface area contributed by atoms with Gasteiger partial charge in [-0.2, -0.15) is 5.10 Å². The fourth-order valence-corrected chi connectivity index (χ4v) is 3.25. The third-order valence-corrected chi connectivity index (χ3v) is 4.44. The number of hydrogen-bond acceptors (Lipinski definition) is 6. The van der Waals surface area contributed by atoms with E-state index in [1.807, 2.05) is 36.8 Å². The Morgan fingerprint density at radius 3 is 2.67 bits per heavy atom. The molecule has 4 rings (SSSR count). The van der Waals surface area contributed by atoms with E-state index in [0.29, 0.717) is 6.04 Å². The first kappa shape index (κ1) is 14.9. The lowest BCUT2D eigenvalue weighted by Crippen LogP contribution is -2.39. The first-order chi connectivity index (χ1) is 11.7. The summed E-state index contributed by atoms with van der Waals surface area (Å²) in [7, 11) is 0.